The van der Waals surface area contributed by atoms with Gasteiger partial charge in [-0.1, -0.05) is 24.3 Å². The Morgan fingerprint density at radius 2 is 1.96 bits per heavy atom. The minimum absolute atomic E-state index is 0.196. The summed E-state index contributed by atoms with van der Waals surface area (Å²) < 4.78 is 1.32. The van der Waals surface area contributed by atoms with Gasteiger partial charge < -0.3 is 5.32 Å². The number of hydrogen-bond acceptors (Lipinski definition) is 4. The predicted molar refractivity (Wildman–Crippen MR) is 94.2 cm³/mol. The molecule has 1 aliphatic rings. The maximum Gasteiger partial charge on any atom is 0.267 e. The average Bonchev–Trinajstić information content (AvgIpc) is 3.07. The molecule has 1 aromatic carbocycles. The van der Waals surface area contributed by atoms with Gasteiger partial charge in [-0.2, -0.15) is 5.10 Å². The molecule has 1 amide bonds. The molecule has 2 aromatic heterocycles. The molecule has 0 radical (unpaired) electrons. The maximum atomic E-state index is 12.6. The summed E-state index contributed by atoms with van der Waals surface area (Å²) in [6.07, 6.45) is 1.26. The molecule has 1 unspecified atom stereocenters. The highest BCUT2D eigenvalue weighted by molar-refractivity contribution is 7.13. The van der Waals surface area contributed by atoms with E-state index in [0.29, 0.717) is 12.1 Å². The lowest BCUT2D eigenvalue weighted by Gasteiger charge is -2.15. The molecule has 4 rings (SSSR count). The van der Waals surface area contributed by atoms with Crippen molar-refractivity contribution in [2.45, 2.75) is 18.9 Å². The summed E-state index contributed by atoms with van der Waals surface area (Å²) in [6, 6.07) is 14.2. The number of thiophene rings is 1. The SMILES string of the molecule is O=C1Nc2ccccc2CCC1n1nc(-c2cccs2)ccc1=O. The van der Waals surface area contributed by atoms with E-state index in [2.05, 4.69) is 10.4 Å². The number of nitrogens with zero attached hydrogens (tertiary/aromatic N) is 2. The Bertz CT molecular complexity index is 947. The fourth-order valence-corrected chi connectivity index (χ4v) is 3.63. The lowest BCUT2D eigenvalue weighted by Crippen LogP contribution is -2.34. The molecule has 3 heterocycles. The quantitative estimate of drug-likeness (QED) is 0.781. The van der Waals surface area contributed by atoms with Crippen molar-refractivity contribution in [2.24, 2.45) is 0 Å². The molecule has 3 aromatic rings. The van der Waals surface area contributed by atoms with Crippen LogP contribution in [0.25, 0.3) is 10.6 Å². The van der Waals surface area contributed by atoms with Crippen molar-refractivity contribution in [3.8, 4) is 10.6 Å². The van der Waals surface area contributed by atoms with Crippen LogP contribution in [0.1, 0.15) is 18.0 Å². The zero-order valence-corrected chi connectivity index (χ0v) is 13.6. The lowest BCUT2D eigenvalue weighted by molar-refractivity contribution is -0.119. The van der Waals surface area contributed by atoms with Gasteiger partial charge in [-0.05, 0) is 42.0 Å². The Morgan fingerprint density at radius 3 is 2.79 bits per heavy atom. The highest BCUT2D eigenvalue weighted by Gasteiger charge is 2.26. The largest absolute Gasteiger partial charge is 0.324 e. The molecule has 6 heteroatoms. The summed E-state index contributed by atoms with van der Waals surface area (Å²) in [5.74, 6) is -0.196. The third-order valence-corrected chi connectivity index (χ3v) is 5.05. The first-order valence-electron chi connectivity index (χ1n) is 7.75. The molecule has 0 aliphatic carbocycles. The van der Waals surface area contributed by atoms with E-state index in [4.69, 9.17) is 0 Å². The molecular formula is C18H15N3O2S. The number of carbonyl (C=O) groups excluding carboxylic acids is 1. The molecule has 0 saturated heterocycles. The van der Waals surface area contributed by atoms with Crippen LogP contribution in [0.15, 0.2) is 58.7 Å². The van der Waals surface area contributed by atoms with Crippen molar-refractivity contribution in [1.29, 1.82) is 0 Å². The van der Waals surface area contributed by atoms with E-state index in [1.807, 2.05) is 41.8 Å². The smallest absolute Gasteiger partial charge is 0.267 e. The third kappa shape index (κ3) is 2.65. The number of aryl methyl sites for hydroxylation is 1. The topological polar surface area (TPSA) is 64.0 Å². The van der Waals surface area contributed by atoms with Gasteiger partial charge in [-0.3, -0.25) is 9.59 Å². The second-order valence-corrected chi connectivity index (χ2v) is 6.63. The van der Waals surface area contributed by atoms with Crippen LogP contribution < -0.4 is 10.9 Å². The van der Waals surface area contributed by atoms with Gasteiger partial charge in [0.05, 0.1) is 4.88 Å². The van der Waals surface area contributed by atoms with Crippen LogP contribution in [0.4, 0.5) is 5.69 Å². The summed E-state index contributed by atoms with van der Waals surface area (Å²) in [4.78, 5) is 25.9. The number of amides is 1. The number of anilines is 1. The van der Waals surface area contributed by atoms with Gasteiger partial charge in [-0.15, -0.1) is 11.3 Å². The van der Waals surface area contributed by atoms with Crippen molar-refractivity contribution < 1.29 is 4.79 Å². The zero-order valence-electron chi connectivity index (χ0n) is 12.8. The fourth-order valence-electron chi connectivity index (χ4n) is 2.94. The molecular weight excluding hydrogens is 322 g/mol. The van der Waals surface area contributed by atoms with Crippen LogP contribution in [0, 0.1) is 0 Å². The van der Waals surface area contributed by atoms with E-state index in [1.165, 1.54) is 10.7 Å². The number of benzene rings is 1. The summed E-state index contributed by atoms with van der Waals surface area (Å²) in [5, 5.41) is 9.32. The van der Waals surface area contributed by atoms with Crippen LogP contribution >= 0.6 is 11.3 Å². The van der Waals surface area contributed by atoms with Gasteiger partial charge >= 0.3 is 0 Å². The van der Waals surface area contributed by atoms with Crippen LogP contribution in [0.5, 0.6) is 0 Å². The Labute approximate surface area is 142 Å². The number of para-hydroxylation sites is 1. The monoisotopic (exact) mass is 337 g/mol. The molecule has 1 atom stereocenters. The van der Waals surface area contributed by atoms with E-state index in [-0.39, 0.29) is 11.5 Å². The van der Waals surface area contributed by atoms with Crippen LogP contribution in [0.2, 0.25) is 0 Å². The van der Waals surface area contributed by atoms with Crippen molar-refractivity contribution in [3.05, 3.63) is 69.8 Å². The van der Waals surface area contributed by atoms with Crippen LogP contribution in [-0.4, -0.2) is 15.7 Å². The van der Waals surface area contributed by atoms with E-state index in [0.717, 1.165) is 22.5 Å². The average molecular weight is 337 g/mol. The standard InChI is InChI=1S/C18H15N3O2S/c22-17-10-8-14(16-6-3-11-24-16)20-21(17)15-9-7-12-4-1-2-5-13(12)19-18(15)23/h1-6,8,10-11,15H,7,9H2,(H,19,23). The van der Waals surface area contributed by atoms with Crippen LogP contribution in [-0.2, 0) is 11.2 Å². The second kappa shape index (κ2) is 6.05. The molecule has 0 bridgehead atoms. The van der Waals surface area contributed by atoms with Gasteiger partial charge in [0.2, 0.25) is 5.91 Å². The molecule has 120 valence electrons. The molecule has 1 N–H and O–H groups in total. The number of nitrogens with one attached hydrogen (secondary N) is 1. The number of rotatable bonds is 2. The molecule has 24 heavy (non-hydrogen) atoms. The van der Waals surface area contributed by atoms with E-state index in [1.54, 1.807) is 17.4 Å². The van der Waals surface area contributed by atoms with Crippen molar-refractivity contribution in [3.63, 3.8) is 0 Å². The zero-order chi connectivity index (χ0) is 16.5. The number of carbonyl (C=O) groups is 1. The first-order chi connectivity index (χ1) is 11.7. The lowest BCUT2D eigenvalue weighted by atomic mass is 10.1. The molecule has 1 aliphatic heterocycles. The first-order valence-corrected chi connectivity index (χ1v) is 8.63. The third-order valence-electron chi connectivity index (χ3n) is 4.16. The Morgan fingerprint density at radius 1 is 1.08 bits per heavy atom. The summed E-state index contributed by atoms with van der Waals surface area (Å²) >= 11 is 1.55. The Hall–Kier alpha value is -2.73. The van der Waals surface area contributed by atoms with E-state index >= 15 is 0 Å². The maximum absolute atomic E-state index is 12.6. The second-order valence-electron chi connectivity index (χ2n) is 5.68. The molecule has 0 saturated carbocycles. The van der Waals surface area contributed by atoms with Gasteiger partial charge in [0.15, 0.2) is 0 Å². The molecule has 0 spiro atoms. The number of fused-ring (bicyclic) bond motifs is 1. The van der Waals surface area contributed by atoms with Gasteiger partial charge in [-0.25, -0.2) is 4.68 Å². The van der Waals surface area contributed by atoms with Gasteiger partial charge in [0.25, 0.3) is 5.56 Å². The summed E-state index contributed by atoms with van der Waals surface area (Å²) in [6.45, 7) is 0. The van der Waals surface area contributed by atoms with Crippen molar-refractivity contribution in [2.75, 3.05) is 5.32 Å². The van der Waals surface area contributed by atoms with Crippen molar-refractivity contribution in [1.82, 2.24) is 9.78 Å². The molecule has 5 nitrogen and oxygen atoms in total. The fraction of sp³-hybridized carbons (Fsp3) is 0.167. The minimum atomic E-state index is -0.607. The highest BCUT2D eigenvalue weighted by atomic mass is 32.1. The highest BCUT2D eigenvalue weighted by Crippen LogP contribution is 2.27. The molecule has 0 fully saturated rings. The van der Waals surface area contributed by atoms with Gasteiger partial charge in [0, 0.05) is 11.8 Å². The summed E-state index contributed by atoms with van der Waals surface area (Å²) in [5.41, 5.74) is 2.34. The van der Waals surface area contributed by atoms with Crippen LogP contribution in [0.3, 0.4) is 0 Å². The van der Waals surface area contributed by atoms with E-state index < -0.39 is 6.04 Å². The summed E-state index contributed by atoms with van der Waals surface area (Å²) in [7, 11) is 0. The Balaban J connectivity index is 1.73. The normalized spacial score (nSPS) is 17.0. The van der Waals surface area contributed by atoms with Crippen molar-refractivity contribution >= 4 is 22.9 Å². The first kappa shape index (κ1) is 14.8. The van der Waals surface area contributed by atoms with E-state index in [9.17, 15) is 9.59 Å². The predicted octanol–water partition coefficient (Wildman–Crippen LogP) is 3.10. The number of aromatic nitrogens is 2. The number of hydrogen-bond donors (Lipinski definition) is 1. The Kier molecular flexibility index (Phi) is 3.74. The minimum Gasteiger partial charge on any atom is -0.324 e. The van der Waals surface area contributed by atoms with Gasteiger partial charge in [0.1, 0.15) is 11.7 Å².